The molecule has 1 N–H and O–H groups in total. The van der Waals surface area contributed by atoms with Crippen LogP contribution in [0.4, 0.5) is 0 Å². The van der Waals surface area contributed by atoms with Crippen LogP contribution >= 0.6 is 24.8 Å². The van der Waals surface area contributed by atoms with Crippen molar-refractivity contribution in [2.24, 2.45) is 0 Å². The van der Waals surface area contributed by atoms with Crippen LogP contribution in [0.1, 0.15) is 34.5 Å². The standard InChI is InChI=1S/C20H25N3O2.2ClH/c1-15-8-9-19(12-22-15)25-14-16-5-3-6-17(11-16)20(24)23-10-4-7-18(13-23)21-2;;/h3,5-6,8-9,11-12,18,21H,4,7,10,13-14H2,1-2H3;2*1H. The Hall–Kier alpha value is -1.82. The molecule has 1 amide bonds. The fourth-order valence-corrected chi connectivity index (χ4v) is 3.08. The van der Waals surface area contributed by atoms with E-state index in [9.17, 15) is 4.79 Å². The third kappa shape index (κ3) is 6.38. The average molecular weight is 412 g/mol. The first-order valence-corrected chi connectivity index (χ1v) is 8.76. The Morgan fingerprint density at radius 1 is 1.30 bits per heavy atom. The highest BCUT2D eigenvalue weighted by Crippen LogP contribution is 2.16. The van der Waals surface area contributed by atoms with Crippen molar-refractivity contribution in [3.63, 3.8) is 0 Å². The Labute approximate surface area is 173 Å². The van der Waals surface area contributed by atoms with Crippen molar-refractivity contribution in [3.05, 3.63) is 59.4 Å². The van der Waals surface area contributed by atoms with Gasteiger partial charge in [-0.25, -0.2) is 0 Å². The zero-order chi connectivity index (χ0) is 17.6. The van der Waals surface area contributed by atoms with Crippen LogP contribution in [0, 0.1) is 6.92 Å². The zero-order valence-electron chi connectivity index (χ0n) is 15.7. The number of aryl methyl sites for hydroxylation is 1. The largest absolute Gasteiger partial charge is 0.487 e. The maximum absolute atomic E-state index is 12.8. The molecule has 1 unspecified atom stereocenters. The number of carbonyl (C=O) groups is 1. The molecular formula is C20H27Cl2N3O2. The number of hydrogen-bond acceptors (Lipinski definition) is 4. The van der Waals surface area contributed by atoms with Gasteiger partial charge in [0, 0.05) is 30.4 Å². The van der Waals surface area contributed by atoms with Gasteiger partial charge in [-0.15, -0.1) is 24.8 Å². The van der Waals surface area contributed by atoms with Gasteiger partial charge >= 0.3 is 0 Å². The van der Waals surface area contributed by atoms with E-state index in [1.807, 2.05) is 55.3 Å². The predicted molar refractivity (Wildman–Crippen MR) is 112 cm³/mol. The molecule has 1 aromatic carbocycles. The molecule has 0 aliphatic carbocycles. The highest BCUT2D eigenvalue weighted by atomic mass is 35.5. The van der Waals surface area contributed by atoms with E-state index in [1.54, 1.807) is 6.20 Å². The van der Waals surface area contributed by atoms with Gasteiger partial charge in [-0.2, -0.15) is 0 Å². The topological polar surface area (TPSA) is 54.5 Å². The van der Waals surface area contributed by atoms with Crippen LogP contribution in [0.25, 0.3) is 0 Å². The number of nitrogens with one attached hydrogen (secondary N) is 1. The molecule has 1 atom stereocenters. The minimum absolute atomic E-state index is 0. The van der Waals surface area contributed by atoms with E-state index in [-0.39, 0.29) is 30.7 Å². The molecule has 1 saturated heterocycles. The van der Waals surface area contributed by atoms with Gasteiger partial charge in [0.2, 0.25) is 0 Å². The van der Waals surface area contributed by atoms with Crippen LogP contribution in [-0.4, -0.2) is 42.0 Å². The first kappa shape index (κ1) is 23.2. The van der Waals surface area contributed by atoms with Gasteiger partial charge in [0.05, 0.1) is 6.20 Å². The number of likely N-dealkylation sites (N-methyl/N-ethyl adjacent to an activating group) is 1. The monoisotopic (exact) mass is 411 g/mol. The number of ether oxygens (including phenoxy) is 1. The SMILES string of the molecule is CNC1CCCN(C(=O)c2cccc(COc3ccc(C)nc3)c2)C1.Cl.Cl. The lowest BCUT2D eigenvalue weighted by Crippen LogP contribution is -2.46. The molecule has 0 radical (unpaired) electrons. The van der Waals surface area contributed by atoms with E-state index in [2.05, 4.69) is 10.3 Å². The lowest BCUT2D eigenvalue weighted by atomic mass is 10.0. The van der Waals surface area contributed by atoms with Crippen LogP contribution in [0.3, 0.4) is 0 Å². The minimum atomic E-state index is 0. The van der Waals surface area contributed by atoms with E-state index in [0.29, 0.717) is 12.6 Å². The summed E-state index contributed by atoms with van der Waals surface area (Å²) in [6.07, 6.45) is 3.88. The Kier molecular flexibility index (Phi) is 9.56. The maximum Gasteiger partial charge on any atom is 0.253 e. The van der Waals surface area contributed by atoms with Crippen molar-refractivity contribution < 1.29 is 9.53 Å². The Morgan fingerprint density at radius 3 is 2.81 bits per heavy atom. The van der Waals surface area contributed by atoms with Crippen LogP contribution in [0.5, 0.6) is 5.75 Å². The van der Waals surface area contributed by atoms with Crippen molar-refractivity contribution in [3.8, 4) is 5.75 Å². The van der Waals surface area contributed by atoms with Crippen LogP contribution in [0.2, 0.25) is 0 Å². The summed E-state index contributed by atoms with van der Waals surface area (Å²) in [5, 5.41) is 3.27. The Morgan fingerprint density at radius 2 is 2.11 bits per heavy atom. The Balaban J connectivity index is 0.00000182. The van der Waals surface area contributed by atoms with Crippen LogP contribution < -0.4 is 10.1 Å². The molecule has 1 aromatic heterocycles. The molecule has 1 aliphatic heterocycles. The number of halogens is 2. The fraction of sp³-hybridized carbons (Fsp3) is 0.400. The first-order chi connectivity index (χ1) is 12.2. The lowest BCUT2D eigenvalue weighted by Gasteiger charge is -2.32. The average Bonchev–Trinajstić information content (AvgIpc) is 2.67. The molecule has 1 aliphatic rings. The van der Waals surface area contributed by atoms with Crippen molar-refractivity contribution in [1.82, 2.24) is 15.2 Å². The zero-order valence-corrected chi connectivity index (χ0v) is 17.3. The van der Waals surface area contributed by atoms with E-state index in [0.717, 1.165) is 48.5 Å². The van der Waals surface area contributed by atoms with Gasteiger partial charge in [-0.05, 0) is 56.6 Å². The van der Waals surface area contributed by atoms with Gasteiger partial charge in [-0.3, -0.25) is 9.78 Å². The third-order valence-electron chi connectivity index (χ3n) is 4.58. The van der Waals surface area contributed by atoms with Gasteiger partial charge in [0.25, 0.3) is 5.91 Å². The maximum atomic E-state index is 12.8. The summed E-state index contributed by atoms with van der Waals surface area (Å²) >= 11 is 0. The molecule has 1 fully saturated rings. The molecule has 2 heterocycles. The second-order valence-electron chi connectivity index (χ2n) is 6.50. The number of amides is 1. The van der Waals surface area contributed by atoms with Crippen LogP contribution in [0.15, 0.2) is 42.6 Å². The van der Waals surface area contributed by atoms with Crippen molar-refractivity contribution >= 4 is 30.7 Å². The first-order valence-electron chi connectivity index (χ1n) is 8.76. The van der Waals surface area contributed by atoms with E-state index in [4.69, 9.17) is 4.74 Å². The normalized spacial score (nSPS) is 16.1. The number of benzene rings is 1. The molecular weight excluding hydrogens is 385 g/mol. The summed E-state index contributed by atoms with van der Waals surface area (Å²) in [6, 6.07) is 11.9. The summed E-state index contributed by atoms with van der Waals surface area (Å²) in [7, 11) is 1.95. The van der Waals surface area contributed by atoms with Crippen molar-refractivity contribution in [2.75, 3.05) is 20.1 Å². The van der Waals surface area contributed by atoms with E-state index < -0.39 is 0 Å². The molecule has 0 spiro atoms. The summed E-state index contributed by atoms with van der Waals surface area (Å²) in [6.45, 7) is 3.96. The highest BCUT2D eigenvalue weighted by molar-refractivity contribution is 5.94. The second kappa shape index (κ2) is 11.1. The summed E-state index contributed by atoms with van der Waals surface area (Å²) < 4.78 is 5.76. The number of aromatic nitrogens is 1. The van der Waals surface area contributed by atoms with Crippen molar-refractivity contribution in [1.29, 1.82) is 0 Å². The van der Waals surface area contributed by atoms with E-state index in [1.165, 1.54) is 0 Å². The van der Waals surface area contributed by atoms with Gasteiger partial charge in [-0.1, -0.05) is 12.1 Å². The molecule has 3 rings (SSSR count). The van der Waals surface area contributed by atoms with Gasteiger partial charge < -0.3 is 15.0 Å². The highest BCUT2D eigenvalue weighted by Gasteiger charge is 2.23. The number of hydrogen-bond donors (Lipinski definition) is 1. The molecule has 2 aromatic rings. The fourth-order valence-electron chi connectivity index (χ4n) is 3.08. The van der Waals surface area contributed by atoms with Crippen LogP contribution in [-0.2, 0) is 6.61 Å². The second-order valence-corrected chi connectivity index (χ2v) is 6.50. The number of pyridine rings is 1. The molecule has 27 heavy (non-hydrogen) atoms. The minimum Gasteiger partial charge on any atom is -0.487 e. The molecule has 148 valence electrons. The number of carbonyl (C=O) groups excluding carboxylic acids is 1. The number of nitrogens with zero attached hydrogens (tertiary/aromatic N) is 2. The van der Waals surface area contributed by atoms with Gasteiger partial charge in [0.1, 0.15) is 12.4 Å². The molecule has 0 saturated carbocycles. The summed E-state index contributed by atoms with van der Waals surface area (Å²) in [5.41, 5.74) is 2.66. The van der Waals surface area contributed by atoms with Gasteiger partial charge in [0.15, 0.2) is 0 Å². The van der Waals surface area contributed by atoms with Crippen molar-refractivity contribution in [2.45, 2.75) is 32.4 Å². The number of likely N-dealkylation sites (tertiary alicyclic amines) is 1. The third-order valence-corrected chi connectivity index (χ3v) is 4.58. The summed E-state index contributed by atoms with van der Waals surface area (Å²) in [4.78, 5) is 18.9. The van der Waals surface area contributed by atoms with E-state index >= 15 is 0 Å². The quantitative estimate of drug-likeness (QED) is 0.815. The number of piperidine rings is 1. The number of rotatable bonds is 5. The molecule has 5 nitrogen and oxygen atoms in total. The summed E-state index contributed by atoms with van der Waals surface area (Å²) in [5.74, 6) is 0.828. The molecule has 7 heteroatoms. The lowest BCUT2D eigenvalue weighted by molar-refractivity contribution is 0.0698. The predicted octanol–water partition coefficient (Wildman–Crippen LogP) is 3.64. The Bertz CT molecular complexity index is 725. The molecule has 0 bridgehead atoms. The smallest absolute Gasteiger partial charge is 0.253 e.